The second-order valence-corrected chi connectivity index (χ2v) is 1.97. The molecular weight excluding hydrogens is 88.1 g/mol. The van der Waals surface area contributed by atoms with Gasteiger partial charge in [0.15, 0.2) is 0 Å². The van der Waals surface area contributed by atoms with Crippen LogP contribution in [0.15, 0.2) is 0 Å². The molecule has 2 radical (unpaired) electrons. The predicted molar refractivity (Wildman–Crippen MR) is 27.8 cm³/mol. The Morgan fingerprint density at radius 1 is 1.29 bits per heavy atom. The van der Waals surface area contributed by atoms with E-state index in [2.05, 4.69) is 0 Å². The fourth-order valence-corrected chi connectivity index (χ4v) is 0.924. The smallest absolute Gasteiger partial charge is 0.0839 e. The lowest BCUT2D eigenvalue weighted by molar-refractivity contribution is 0.344. The fourth-order valence-electron chi connectivity index (χ4n) is 0.924. The number of hydrogen-bond acceptors (Lipinski definition) is 1. The molecule has 0 bridgehead atoms. The molecule has 1 fully saturated rings. The van der Waals surface area contributed by atoms with Crippen LogP contribution in [-0.2, 0) is 0 Å². The van der Waals surface area contributed by atoms with Crippen molar-refractivity contribution >= 4 is 0 Å². The molecule has 1 saturated heterocycles. The fraction of sp³-hybridized carbons (Fsp3) is 1.00. The van der Waals surface area contributed by atoms with Gasteiger partial charge in [0.1, 0.15) is 0 Å². The Morgan fingerprint density at radius 3 is 2.14 bits per heavy atom. The average Bonchev–Trinajstić information content (AvgIpc) is 2.14. The topological polar surface area (TPSA) is 25.5 Å². The van der Waals surface area contributed by atoms with Crippen LogP contribution in [0.3, 0.4) is 0 Å². The summed E-state index contributed by atoms with van der Waals surface area (Å²) in [6, 6.07) is 0. The second kappa shape index (κ2) is 2.28. The summed E-state index contributed by atoms with van der Waals surface area (Å²) >= 11 is 0. The molecule has 0 aliphatic carbocycles. The van der Waals surface area contributed by atoms with Crippen LogP contribution in [-0.4, -0.2) is 24.7 Å². The monoisotopic (exact) mass is 98.1 g/mol. The van der Waals surface area contributed by atoms with Crippen molar-refractivity contribution in [3.8, 4) is 0 Å². The molecule has 0 amide bonds. The van der Waals surface area contributed by atoms with Crippen LogP contribution >= 0.6 is 0 Å². The second-order valence-electron chi connectivity index (χ2n) is 1.97. The van der Waals surface area contributed by atoms with E-state index < -0.39 is 0 Å². The van der Waals surface area contributed by atoms with Crippen LogP contribution in [0, 0.1) is 0 Å². The molecule has 0 unspecified atom stereocenters. The molecule has 0 aromatic carbocycles. The Kier molecular flexibility index (Phi) is 1.65. The Morgan fingerprint density at radius 2 is 1.86 bits per heavy atom. The molecule has 0 saturated carbocycles. The molecule has 0 aromatic heterocycles. The van der Waals surface area contributed by atoms with E-state index in [0.717, 1.165) is 13.1 Å². The number of likely N-dealkylation sites (tertiary alicyclic amines) is 1. The minimum atomic E-state index is 0.250. The first-order chi connectivity index (χ1) is 3.43. The zero-order valence-electron chi connectivity index (χ0n) is 4.43. The summed E-state index contributed by atoms with van der Waals surface area (Å²) in [4.78, 5) is 2.04. The van der Waals surface area contributed by atoms with Crippen LogP contribution in [0.2, 0.25) is 0 Å². The molecule has 2 nitrogen and oxygen atoms in total. The maximum absolute atomic E-state index is 8.49. The molecular formula is C5H10N2. The molecule has 2 heteroatoms. The van der Waals surface area contributed by atoms with E-state index in [9.17, 15) is 0 Å². The first-order valence-corrected chi connectivity index (χ1v) is 2.76. The van der Waals surface area contributed by atoms with Gasteiger partial charge in [0.25, 0.3) is 0 Å². The molecule has 0 N–H and O–H groups in total. The third kappa shape index (κ3) is 1.14. The van der Waals surface area contributed by atoms with Crippen molar-refractivity contribution in [2.24, 2.45) is 0 Å². The highest BCUT2D eigenvalue weighted by Gasteiger charge is 2.07. The summed E-state index contributed by atoms with van der Waals surface area (Å²) in [6.45, 7) is 2.44. The third-order valence-corrected chi connectivity index (χ3v) is 1.40. The van der Waals surface area contributed by atoms with Crippen molar-refractivity contribution in [2.75, 3.05) is 19.8 Å². The van der Waals surface area contributed by atoms with Crippen LogP contribution in [0.5, 0.6) is 0 Å². The molecule has 40 valence electrons. The maximum Gasteiger partial charge on any atom is 0.0839 e. The lowest BCUT2D eigenvalue weighted by Crippen LogP contribution is -2.20. The van der Waals surface area contributed by atoms with E-state index in [1.54, 1.807) is 0 Å². The number of nitrogens with zero attached hydrogens (tertiary/aromatic N) is 2. The zero-order valence-corrected chi connectivity index (χ0v) is 4.43. The van der Waals surface area contributed by atoms with Gasteiger partial charge in [0, 0.05) is 0 Å². The lowest BCUT2D eigenvalue weighted by Gasteiger charge is -2.06. The van der Waals surface area contributed by atoms with E-state index >= 15 is 0 Å². The van der Waals surface area contributed by atoms with Crippen LogP contribution < -0.4 is 5.73 Å². The van der Waals surface area contributed by atoms with E-state index in [0.29, 0.717) is 0 Å². The van der Waals surface area contributed by atoms with Crippen molar-refractivity contribution < 1.29 is 0 Å². The first-order valence-electron chi connectivity index (χ1n) is 2.76. The summed E-state index contributed by atoms with van der Waals surface area (Å²) in [5, 5.41) is 0. The van der Waals surface area contributed by atoms with Crippen molar-refractivity contribution in [1.29, 1.82) is 0 Å². The van der Waals surface area contributed by atoms with Gasteiger partial charge < -0.3 is 0 Å². The molecule has 1 aliphatic rings. The highest BCUT2D eigenvalue weighted by molar-refractivity contribution is 4.62. The Balaban J connectivity index is 2.14. The van der Waals surface area contributed by atoms with Gasteiger partial charge in [0.05, 0.1) is 6.67 Å². The minimum Gasteiger partial charge on any atom is -0.288 e. The quantitative estimate of drug-likeness (QED) is 0.457. The standard InChI is InChI=1S/C5H10N2/c6-5-7-3-1-2-4-7/h1-5H2. The summed E-state index contributed by atoms with van der Waals surface area (Å²) in [5.74, 6) is 0. The molecule has 1 heterocycles. The number of hydrogen-bond donors (Lipinski definition) is 0. The first kappa shape index (κ1) is 5.06. The highest BCUT2D eigenvalue weighted by atomic mass is 15.2. The maximum atomic E-state index is 8.49. The molecule has 7 heavy (non-hydrogen) atoms. The van der Waals surface area contributed by atoms with E-state index in [1.807, 2.05) is 4.90 Å². The van der Waals surface area contributed by atoms with Crippen LogP contribution in [0.25, 0.3) is 0 Å². The van der Waals surface area contributed by atoms with Gasteiger partial charge in [-0.3, -0.25) is 4.90 Å². The van der Waals surface area contributed by atoms with Gasteiger partial charge in [-0.2, -0.15) is 0 Å². The molecule has 1 rings (SSSR count). The van der Waals surface area contributed by atoms with Gasteiger partial charge in [0.2, 0.25) is 0 Å². The van der Waals surface area contributed by atoms with Gasteiger partial charge in [-0.1, -0.05) is 0 Å². The normalized spacial score (nSPS) is 23.6. The Bertz CT molecular complexity index is 48.0. The largest absolute Gasteiger partial charge is 0.288 e. The lowest BCUT2D eigenvalue weighted by atomic mass is 10.4. The van der Waals surface area contributed by atoms with E-state index in [-0.39, 0.29) is 6.67 Å². The summed E-state index contributed by atoms with van der Waals surface area (Å²) in [5.41, 5.74) is 8.49. The molecule has 1 aliphatic heterocycles. The van der Waals surface area contributed by atoms with E-state index in [4.69, 9.17) is 5.73 Å². The number of rotatable bonds is 1. The summed E-state index contributed by atoms with van der Waals surface area (Å²) in [7, 11) is 0. The van der Waals surface area contributed by atoms with Gasteiger partial charge in [-0.15, -0.1) is 5.73 Å². The van der Waals surface area contributed by atoms with Crippen molar-refractivity contribution in [2.45, 2.75) is 12.8 Å². The highest BCUT2D eigenvalue weighted by Crippen LogP contribution is 2.03. The molecule has 0 spiro atoms. The summed E-state index contributed by atoms with van der Waals surface area (Å²) < 4.78 is 0. The van der Waals surface area contributed by atoms with Crippen LogP contribution in [0.4, 0.5) is 0 Å². The van der Waals surface area contributed by atoms with E-state index in [1.165, 1.54) is 12.8 Å². The zero-order chi connectivity index (χ0) is 5.11. The van der Waals surface area contributed by atoms with Crippen molar-refractivity contribution in [3.05, 3.63) is 0 Å². The molecule has 0 atom stereocenters. The van der Waals surface area contributed by atoms with Gasteiger partial charge in [-0.05, 0) is 25.9 Å². The Hall–Kier alpha value is -0.0800. The Labute approximate surface area is 44.3 Å². The minimum absolute atomic E-state index is 0.250. The van der Waals surface area contributed by atoms with Crippen molar-refractivity contribution in [1.82, 2.24) is 10.6 Å². The molecule has 0 aromatic rings. The van der Waals surface area contributed by atoms with Crippen molar-refractivity contribution in [3.63, 3.8) is 0 Å². The van der Waals surface area contributed by atoms with Crippen LogP contribution in [0.1, 0.15) is 12.8 Å². The SMILES string of the molecule is [N]CN1CCCC1. The summed E-state index contributed by atoms with van der Waals surface area (Å²) in [6.07, 6.45) is 2.53. The van der Waals surface area contributed by atoms with Gasteiger partial charge in [-0.25, -0.2) is 0 Å². The third-order valence-electron chi connectivity index (χ3n) is 1.40. The average molecular weight is 98.1 g/mol. The predicted octanol–water partition coefficient (Wildman–Crippen LogP) is 0.108. The van der Waals surface area contributed by atoms with Gasteiger partial charge >= 0.3 is 0 Å².